The third kappa shape index (κ3) is 5.65. The lowest BCUT2D eigenvalue weighted by Crippen LogP contribution is -2.43. The second-order valence-corrected chi connectivity index (χ2v) is 3.82. The molecule has 0 aromatic heterocycles. The smallest absolute Gasteiger partial charge is 0.337 e. The summed E-state index contributed by atoms with van der Waals surface area (Å²) in [6, 6.07) is 0. The fourth-order valence-electron chi connectivity index (χ4n) is 1.46. The molecule has 0 bridgehead atoms. The fourth-order valence-corrected chi connectivity index (χ4v) is 1.46. The maximum atomic E-state index is 11.5. The lowest BCUT2D eigenvalue weighted by atomic mass is 9.98. The molecule has 0 saturated carbocycles. The molecule has 0 saturated heterocycles. The third-order valence-corrected chi connectivity index (χ3v) is 2.18. The molecule has 0 aliphatic carbocycles. The van der Waals surface area contributed by atoms with Gasteiger partial charge in [0.1, 0.15) is 6.61 Å². The van der Waals surface area contributed by atoms with E-state index in [4.69, 9.17) is 4.74 Å². The van der Waals surface area contributed by atoms with Crippen molar-refractivity contribution in [3.8, 4) is 0 Å². The first-order chi connectivity index (χ1) is 7.85. The summed E-state index contributed by atoms with van der Waals surface area (Å²) in [4.78, 5) is 22.1. The van der Waals surface area contributed by atoms with E-state index >= 15 is 0 Å². The van der Waals surface area contributed by atoms with Crippen LogP contribution in [0.25, 0.3) is 0 Å². The maximum absolute atomic E-state index is 11.5. The van der Waals surface area contributed by atoms with Crippen LogP contribution in [0.2, 0.25) is 0 Å². The van der Waals surface area contributed by atoms with E-state index in [0.717, 1.165) is 0 Å². The molecule has 100 valence electrons. The minimum absolute atomic E-state index is 0.000787. The number of aliphatic hydroxyl groups is 1. The van der Waals surface area contributed by atoms with Crippen LogP contribution in [0.3, 0.4) is 0 Å². The van der Waals surface area contributed by atoms with Crippen LogP contribution in [-0.4, -0.2) is 49.1 Å². The third-order valence-electron chi connectivity index (χ3n) is 2.18. The van der Waals surface area contributed by atoms with Crippen molar-refractivity contribution in [1.82, 2.24) is 0 Å². The molecule has 0 aromatic rings. The monoisotopic (exact) mass is 248 g/mol. The quantitative estimate of drug-likeness (QED) is 0.651. The van der Waals surface area contributed by atoms with Crippen molar-refractivity contribution < 1.29 is 28.9 Å². The number of esters is 2. The van der Waals surface area contributed by atoms with Crippen molar-refractivity contribution in [3.63, 3.8) is 0 Å². The zero-order valence-electron chi connectivity index (χ0n) is 10.7. The van der Waals surface area contributed by atoms with Gasteiger partial charge in [0.05, 0.1) is 13.2 Å². The normalized spacial score (nSPS) is 15.8. The van der Waals surface area contributed by atoms with Crippen LogP contribution in [0, 0.1) is 0 Å². The lowest BCUT2D eigenvalue weighted by Gasteiger charge is -2.28. The van der Waals surface area contributed by atoms with Gasteiger partial charge in [-0.05, 0) is 13.8 Å². The standard InChI is InChI=1S/C11H20O6/c1-5-17-11(3,10(14)15-4)6-9(13)7-16-8(2)12/h9,13H,5-7H2,1-4H3. The summed E-state index contributed by atoms with van der Waals surface area (Å²) in [6.45, 7) is 4.65. The van der Waals surface area contributed by atoms with E-state index in [1.54, 1.807) is 6.92 Å². The summed E-state index contributed by atoms with van der Waals surface area (Å²) in [5.41, 5.74) is -1.23. The highest BCUT2D eigenvalue weighted by molar-refractivity contribution is 5.79. The van der Waals surface area contributed by atoms with Crippen LogP contribution < -0.4 is 0 Å². The van der Waals surface area contributed by atoms with Gasteiger partial charge in [0.2, 0.25) is 0 Å². The summed E-state index contributed by atoms with van der Waals surface area (Å²) in [5, 5.41) is 9.64. The highest BCUT2D eigenvalue weighted by Crippen LogP contribution is 2.20. The molecule has 2 atom stereocenters. The zero-order valence-corrected chi connectivity index (χ0v) is 10.7. The Bertz CT molecular complexity index is 265. The molecule has 1 N–H and O–H groups in total. The van der Waals surface area contributed by atoms with Crippen molar-refractivity contribution >= 4 is 11.9 Å². The SMILES string of the molecule is CCOC(C)(CC(O)COC(C)=O)C(=O)OC. The van der Waals surface area contributed by atoms with E-state index in [0.29, 0.717) is 6.61 Å². The molecule has 6 nitrogen and oxygen atoms in total. The Labute approximate surface area is 101 Å². The molecule has 0 radical (unpaired) electrons. The number of methoxy groups -OCH3 is 1. The van der Waals surface area contributed by atoms with Crippen LogP contribution in [-0.2, 0) is 23.8 Å². The van der Waals surface area contributed by atoms with Gasteiger partial charge in [-0.3, -0.25) is 4.79 Å². The Hall–Kier alpha value is -1.14. The van der Waals surface area contributed by atoms with Gasteiger partial charge in [0.15, 0.2) is 5.60 Å². The number of rotatable bonds is 7. The van der Waals surface area contributed by atoms with Crippen LogP contribution in [0.5, 0.6) is 0 Å². The molecule has 17 heavy (non-hydrogen) atoms. The van der Waals surface area contributed by atoms with Gasteiger partial charge in [-0.2, -0.15) is 0 Å². The van der Waals surface area contributed by atoms with Gasteiger partial charge in [0, 0.05) is 20.0 Å². The number of ether oxygens (including phenoxy) is 3. The van der Waals surface area contributed by atoms with Gasteiger partial charge < -0.3 is 19.3 Å². The number of aliphatic hydroxyl groups excluding tert-OH is 1. The summed E-state index contributed by atoms with van der Waals surface area (Å²) in [6.07, 6.45) is -0.976. The number of carbonyl (C=O) groups is 2. The minimum atomic E-state index is -1.23. The number of hydrogen-bond donors (Lipinski definition) is 1. The Morgan fingerprint density at radius 3 is 2.41 bits per heavy atom. The van der Waals surface area contributed by atoms with Crippen molar-refractivity contribution in [2.75, 3.05) is 20.3 Å². The second kappa shape index (κ2) is 7.24. The van der Waals surface area contributed by atoms with E-state index in [2.05, 4.69) is 9.47 Å². The number of carbonyl (C=O) groups excluding carboxylic acids is 2. The minimum Gasteiger partial charge on any atom is -0.467 e. The summed E-state index contributed by atoms with van der Waals surface area (Å²) >= 11 is 0. The molecular weight excluding hydrogens is 228 g/mol. The Balaban J connectivity index is 4.42. The van der Waals surface area contributed by atoms with E-state index in [9.17, 15) is 14.7 Å². The first-order valence-corrected chi connectivity index (χ1v) is 5.39. The Morgan fingerprint density at radius 2 is 2.00 bits per heavy atom. The Kier molecular flexibility index (Phi) is 6.75. The molecule has 0 rings (SSSR count). The first-order valence-electron chi connectivity index (χ1n) is 5.39. The molecule has 0 heterocycles. The molecule has 0 fully saturated rings. The second-order valence-electron chi connectivity index (χ2n) is 3.82. The topological polar surface area (TPSA) is 82.1 Å². The van der Waals surface area contributed by atoms with Crippen molar-refractivity contribution in [2.45, 2.75) is 38.9 Å². The van der Waals surface area contributed by atoms with E-state index in [-0.39, 0.29) is 13.0 Å². The first kappa shape index (κ1) is 15.9. The van der Waals surface area contributed by atoms with Crippen molar-refractivity contribution in [1.29, 1.82) is 0 Å². The van der Waals surface area contributed by atoms with Gasteiger partial charge in [-0.15, -0.1) is 0 Å². The van der Waals surface area contributed by atoms with E-state index in [1.165, 1.54) is 21.0 Å². The summed E-state index contributed by atoms with van der Waals surface area (Å²) in [5.74, 6) is -1.05. The van der Waals surface area contributed by atoms with Crippen molar-refractivity contribution in [3.05, 3.63) is 0 Å². The molecule has 0 amide bonds. The van der Waals surface area contributed by atoms with Gasteiger partial charge in [-0.25, -0.2) is 4.79 Å². The average molecular weight is 248 g/mol. The molecule has 0 spiro atoms. The highest BCUT2D eigenvalue weighted by atomic mass is 16.6. The number of hydrogen-bond acceptors (Lipinski definition) is 6. The van der Waals surface area contributed by atoms with Gasteiger partial charge >= 0.3 is 11.9 Å². The molecular formula is C11H20O6. The van der Waals surface area contributed by atoms with Crippen LogP contribution >= 0.6 is 0 Å². The maximum Gasteiger partial charge on any atom is 0.337 e. The molecule has 2 unspecified atom stereocenters. The molecule has 0 aromatic carbocycles. The lowest BCUT2D eigenvalue weighted by molar-refractivity contribution is -0.172. The van der Waals surface area contributed by atoms with E-state index in [1.807, 2.05) is 0 Å². The summed E-state index contributed by atoms with van der Waals surface area (Å²) < 4.78 is 14.5. The van der Waals surface area contributed by atoms with Crippen LogP contribution in [0.15, 0.2) is 0 Å². The summed E-state index contributed by atoms with van der Waals surface area (Å²) in [7, 11) is 1.25. The van der Waals surface area contributed by atoms with E-state index < -0.39 is 23.6 Å². The molecule has 0 aliphatic heterocycles. The Morgan fingerprint density at radius 1 is 1.41 bits per heavy atom. The fraction of sp³-hybridized carbons (Fsp3) is 0.818. The zero-order chi connectivity index (χ0) is 13.5. The molecule has 6 heteroatoms. The van der Waals surface area contributed by atoms with Crippen LogP contribution in [0.1, 0.15) is 27.2 Å². The molecule has 0 aliphatic rings. The van der Waals surface area contributed by atoms with Gasteiger partial charge in [-0.1, -0.05) is 0 Å². The van der Waals surface area contributed by atoms with Gasteiger partial charge in [0.25, 0.3) is 0 Å². The average Bonchev–Trinajstić information content (AvgIpc) is 2.25. The highest BCUT2D eigenvalue weighted by Gasteiger charge is 2.37. The predicted molar refractivity (Wildman–Crippen MR) is 59.3 cm³/mol. The largest absolute Gasteiger partial charge is 0.467 e. The van der Waals surface area contributed by atoms with Crippen LogP contribution in [0.4, 0.5) is 0 Å². The van der Waals surface area contributed by atoms with Crippen molar-refractivity contribution in [2.24, 2.45) is 0 Å². The predicted octanol–water partition coefficient (Wildman–Crippen LogP) is 0.269.